The largest absolute Gasteiger partial charge is 0.502 e. The van der Waals surface area contributed by atoms with Gasteiger partial charge >= 0.3 is 5.69 Å². The molecule has 0 unspecified atom stereocenters. The SMILES string of the molecule is O=C(NN=Cc1ccc(O)c([N+](=O)[O-])c1)C1c2ccccc2Oc2ccccc21. The zero-order valence-electron chi connectivity index (χ0n) is 15.0. The summed E-state index contributed by atoms with van der Waals surface area (Å²) in [6, 6.07) is 18.4. The van der Waals surface area contributed by atoms with E-state index in [0.29, 0.717) is 17.1 Å². The molecule has 0 atom stereocenters. The summed E-state index contributed by atoms with van der Waals surface area (Å²) in [4.78, 5) is 23.1. The van der Waals surface area contributed by atoms with E-state index in [0.717, 1.165) is 11.1 Å². The molecule has 0 aliphatic carbocycles. The van der Waals surface area contributed by atoms with Crippen LogP contribution in [-0.4, -0.2) is 22.2 Å². The Hall–Kier alpha value is -4.20. The second-order valence-electron chi connectivity index (χ2n) is 6.35. The number of para-hydroxylation sites is 2. The molecule has 2 N–H and O–H groups in total. The highest BCUT2D eigenvalue weighted by Gasteiger charge is 2.32. The first-order chi connectivity index (χ1) is 14.0. The molecule has 0 saturated carbocycles. The van der Waals surface area contributed by atoms with Gasteiger partial charge in [0.15, 0.2) is 5.75 Å². The van der Waals surface area contributed by atoms with Gasteiger partial charge in [-0.25, -0.2) is 5.43 Å². The number of phenolic OH excluding ortho intramolecular Hbond substituents is 1. The number of nitrogens with zero attached hydrogens (tertiary/aromatic N) is 2. The van der Waals surface area contributed by atoms with Crippen LogP contribution in [0.4, 0.5) is 5.69 Å². The molecule has 1 aliphatic rings. The van der Waals surface area contributed by atoms with Gasteiger partial charge in [0, 0.05) is 22.8 Å². The first-order valence-corrected chi connectivity index (χ1v) is 8.70. The maximum Gasteiger partial charge on any atom is 0.311 e. The summed E-state index contributed by atoms with van der Waals surface area (Å²) in [6.07, 6.45) is 1.28. The number of nitro groups is 1. The fraction of sp³-hybridized carbons (Fsp3) is 0.0476. The van der Waals surface area contributed by atoms with Crippen LogP contribution in [0.5, 0.6) is 17.2 Å². The van der Waals surface area contributed by atoms with E-state index in [4.69, 9.17) is 4.74 Å². The highest BCUT2D eigenvalue weighted by Crippen LogP contribution is 2.43. The number of hydrogen-bond donors (Lipinski definition) is 2. The van der Waals surface area contributed by atoms with E-state index in [1.165, 1.54) is 24.4 Å². The summed E-state index contributed by atoms with van der Waals surface area (Å²) < 4.78 is 5.87. The third kappa shape index (κ3) is 3.51. The molecule has 0 spiro atoms. The van der Waals surface area contributed by atoms with Crippen LogP contribution in [0.15, 0.2) is 71.8 Å². The van der Waals surface area contributed by atoms with Crippen molar-refractivity contribution >= 4 is 17.8 Å². The van der Waals surface area contributed by atoms with Crippen LogP contribution < -0.4 is 10.2 Å². The lowest BCUT2D eigenvalue weighted by Gasteiger charge is -2.26. The Balaban J connectivity index is 1.59. The number of hydrogen-bond acceptors (Lipinski definition) is 6. The Labute approximate surface area is 165 Å². The van der Waals surface area contributed by atoms with Gasteiger partial charge in [0.25, 0.3) is 5.91 Å². The topological polar surface area (TPSA) is 114 Å². The number of aromatic hydroxyl groups is 1. The molecule has 0 saturated heterocycles. The van der Waals surface area contributed by atoms with Gasteiger partial charge in [0.1, 0.15) is 11.5 Å². The lowest BCUT2D eigenvalue weighted by atomic mass is 9.87. The van der Waals surface area contributed by atoms with Crippen LogP contribution in [0.2, 0.25) is 0 Å². The third-order valence-corrected chi connectivity index (χ3v) is 4.53. The van der Waals surface area contributed by atoms with Crippen LogP contribution in [0.25, 0.3) is 0 Å². The van der Waals surface area contributed by atoms with Crippen molar-refractivity contribution in [3.05, 3.63) is 93.5 Å². The predicted octanol–water partition coefficient (Wildman–Crippen LogP) is 3.69. The second kappa shape index (κ2) is 7.43. The summed E-state index contributed by atoms with van der Waals surface area (Å²) in [5, 5.41) is 24.3. The van der Waals surface area contributed by atoms with Gasteiger partial charge in [0.2, 0.25) is 0 Å². The molecule has 0 bridgehead atoms. The quantitative estimate of drug-likeness (QED) is 0.401. The van der Waals surface area contributed by atoms with Crippen LogP contribution in [-0.2, 0) is 4.79 Å². The number of rotatable bonds is 4. The predicted molar refractivity (Wildman–Crippen MR) is 105 cm³/mol. The smallest absolute Gasteiger partial charge is 0.311 e. The molecule has 4 rings (SSSR count). The van der Waals surface area contributed by atoms with Crippen molar-refractivity contribution in [2.45, 2.75) is 5.92 Å². The number of phenols is 1. The van der Waals surface area contributed by atoms with E-state index in [2.05, 4.69) is 10.5 Å². The van der Waals surface area contributed by atoms with Crippen molar-refractivity contribution in [2.24, 2.45) is 5.10 Å². The number of ether oxygens (including phenoxy) is 1. The third-order valence-electron chi connectivity index (χ3n) is 4.53. The maximum atomic E-state index is 12.9. The molecule has 1 heterocycles. The van der Waals surface area contributed by atoms with E-state index in [1.54, 1.807) is 12.1 Å². The highest BCUT2D eigenvalue weighted by molar-refractivity contribution is 5.91. The Morgan fingerprint density at radius 3 is 2.31 bits per heavy atom. The molecule has 3 aromatic carbocycles. The molecule has 0 aromatic heterocycles. The van der Waals surface area contributed by atoms with Crippen molar-refractivity contribution < 1.29 is 19.6 Å². The van der Waals surface area contributed by atoms with Crippen LogP contribution in [0, 0.1) is 10.1 Å². The summed E-state index contributed by atoms with van der Waals surface area (Å²) in [7, 11) is 0. The molecule has 29 heavy (non-hydrogen) atoms. The molecule has 0 radical (unpaired) electrons. The molecule has 8 nitrogen and oxygen atoms in total. The van der Waals surface area contributed by atoms with Crippen LogP contribution in [0.1, 0.15) is 22.6 Å². The number of carbonyl (C=O) groups is 1. The van der Waals surface area contributed by atoms with Gasteiger partial charge in [-0.05, 0) is 24.3 Å². The summed E-state index contributed by atoms with van der Waals surface area (Å²) in [5.74, 6) is -0.208. The Morgan fingerprint density at radius 2 is 1.69 bits per heavy atom. The van der Waals surface area contributed by atoms with Crippen molar-refractivity contribution in [1.29, 1.82) is 0 Å². The number of fused-ring (bicyclic) bond motifs is 2. The fourth-order valence-electron chi connectivity index (χ4n) is 3.19. The van der Waals surface area contributed by atoms with Gasteiger partial charge in [-0.3, -0.25) is 14.9 Å². The Bertz CT molecular complexity index is 1100. The lowest BCUT2D eigenvalue weighted by molar-refractivity contribution is -0.385. The van der Waals surface area contributed by atoms with Crippen molar-refractivity contribution in [3.63, 3.8) is 0 Å². The number of benzene rings is 3. The first-order valence-electron chi connectivity index (χ1n) is 8.70. The summed E-state index contributed by atoms with van der Waals surface area (Å²) in [5.41, 5.74) is 3.86. The lowest BCUT2D eigenvalue weighted by Crippen LogP contribution is -2.28. The zero-order chi connectivity index (χ0) is 20.4. The van der Waals surface area contributed by atoms with E-state index in [1.807, 2.05) is 36.4 Å². The number of hydrazone groups is 1. The van der Waals surface area contributed by atoms with Crippen LogP contribution in [0.3, 0.4) is 0 Å². The van der Waals surface area contributed by atoms with E-state index >= 15 is 0 Å². The minimum atomic E-state index is -0.693. The first kappa shape index (κ1) is 18.2. The molecule has 0 fully saturated rings. The van der Waals surface area contributed by atoms with Crippen LogP contribution >= 0.6 is 0 Å². The Morgan fingerprint density at radius 1 is 1.07 bits per heavy atom. The number of amides is 1. The molecular weight excluding hydrogens is 374 g/mol. The Kier molecular flexibility index (Phi) is 4.66. The number of nitrogens with one attached hydrogen (secondary N) is 1. The standard InChI is InChI=1S/C21H15N3O5/c25-17-10-9-13(11-16(17)24(27)28)12-22-23-21(26)20-14-5-1-3-7-18(14)29-19-8-4-2-6-15(19)20/h1-12,20,25H,(H,23,26). The number of carbonyl (C=O) groups excluding carboxylic acids is 1. The molecular formula is C21H15N3O5. The molecule has 144 valence electrons. The molecule has 8 heteroatoms. The van der Waals surface area contributed by atoms with E-state index in [9.17, 15) is 20.0 Å². The summed E-state index contributed by atoms with van der Waals surface area (Å²) >= 11 is 0. The van der Waals surface area contributed by atoms with Crippen molar-refractivity contribution in [3.8, 4) is 17.2 Å². The van der Waals surface area contributed by atoms with Gasteiger partial charge in [-0.1, -0.05) is 36.4 Å². The number of nitro benzene ring substituents is 1. The second-order valence-corrected chi connectivity index (χ2v) is 6.35. The average molecular weight is 389 g/mol. The highest BCUT2D eigenvalue weighted by atomic mass is 16.6. The van der Waals surface area contributed by atoms with Crippen molar-refractivity contribution in [2.75, 3.05) is 0 Å². The molecule has 1 amide bonds. The molecule has 3 aromatic rings. The van der Waals surface area contributed by atoms with Gasteiger partial charge < -0.3 is 9.84 Å². The minimum Gasteiger partial charge on any atom is -0.502 e. The fourth-order valence-corrected chi connectivity index (χ4v) is 3.19. The van der Waals surface area contributed by atoms with Gasteiger partial charge in [-0.2, -0.15) is 5.10 Å². The van der Waals surface area contributed by atoms with Crippen molar-refractivity contribution in [1.82, 2.24) is 5.43 Å². The summed E-state index contributed by atoms with van der Waals surface area (Å²) in [6.45, 7) is 0. The zero-order valence-corrected chi connectivity index (χ0v) is 15.0. The van der Waals surface area contributed by atoms with Gasteiger partial charge in [0.05, 0.1) is 17.1 Å². The van der Waals surface area contributed by atoms with Gasteiger partial charge in [-0.15, -0.1) is 0 Å². The molecule has 1 aliphatic heterocycles. The monoisotopic (exact) mass is 389 g/mol. The minimum absolute atomic E-state index is 0.363. The van der Waals surface area contributed by atoms with E-state index < -0.39 is 22.3 Å². The van der Waals surface area contributed by atoms with E-state index in [-0.39, 0.29) is 5.91 Å². The maximum absolute atomic E-state index is 12.9. The normalized spacial score (nSPS) is 12.7. The average Bonchev–Trinajstić information content (AvgIpc) is 2.72.